The molecule has 1 aliphatic rings. The summed E-state index contributed by atoms with van der Waals surface area (Å²) in [6.45, 7) is 2.90. The summed E-state index contributed by atoms with van der Waals surface area (Å²) in [6, 6.07) is 19.3. The quantitative estimate of drug-likeness (QED) is 0.707. The minimum Gasteiger partial charge on any atom is -0.335 e. The summed E-state index contributed by atoms with van der Waals surface area (Å²) in [5, 5.41) is 3.75. The normalized spacial score (nSPS) is 14.6. The predicted octanol–water partition coefficient (Wildman–Crippen LogP) is 3.21. The third-order valence-corrected chi connectivity index (χ3v) is 5.86. The number of aromatic nitrogens is 1. The van der Waals surface area contributed by atoms with Gasteiger partial charge in [0.1, 0.15) is 9.88 Å². The van der Waals surface area contributed by atoms with Gasteiger partial charge in [0.25, 0.3) is 5.91 Å². The molecule has 1 saturated heterocycles. The van der Waals surface area contributed by atoms with Crippen LogP contribution in [0.2, 0.25) is 0 Å². The van der Waals surface area contributed by atoms with E-state index in [0.717, 1.165) is 16.3 Å². The van der Waals surface area contributed by atoms with Gasteiger partial charge in [0.05, 0.1) is 12.7 Å². The third-order valence-electron chi connectivity index (χ3n) is 4.82. The monoisotopic (exact) mass is 406 g/mol. The first kappa shape index (κ1) is 19.3. The average molecular weight is 407 g/mol. The van der Waals surface area contributed by atoms with Gasteiger partial charge in [-0.15, -0.1) is 11.3 Å². The van der Waals surface area contributed by atoms with Crippen LogP contribution >= 0.6 is 11.3 Å². The van der Waals surface area contributed by atoms with Gasteiger partial charge in [-0.05, 0) is 12.1 Å². The SMILES string of the molecule is O=C(CN1CCN(C(=O)c2cnc(-c3ccccc3)s2)CC1)Nc1ccccc1. The zero-order valence-corrected chi connectivity index (χ0v) is 16.8. The summed E-state index contributed by atoms with van der Waals surface area (Å²) in [5.74, 6) is -0.0241. The van der Waals surface area contributed by atoms with Gasteiger partial charge in [0, 0.05) is 37.4 Å². The summed E-state index contributed by atoms with van der Waals surface area (Å²) in [5.41, 5.74) is 1.82. The molecule has 1 aliphatic heterocycles. The second-order valence-electron chi connectivity index (χ2n) is 6.88. The van der Waals surface area contributed by atoms with E-state index in [1.165, 1.54) is 11.3 Å². The molecule has 0 unspecified atom stereocenters. The molecule has 3 aromatic rings. The fourth-order valence-corrected chi connectivity index (χ4v) is 4.17. The van der Waals surface area contributed by atoms with E-state index < -0.39 is 0 Å². The van der Waals surface area contributed by atoms with E-state index >= 15 is 0 Å². The summed E-state index contributed by atoms with van der Waals surface area (Å²) >= 11 is 1.42. The molecule has 4 rings (SSSR count). The second kappa shape index (κ2) is 8.98. The number of anilines is 1. The van der Waals surface area contributed by atoms with Crippen molar-refractivity contribution in [3.05, 3.63) is 71.7 Å². The number of hydrogen-bond acceptors (Lipinski definition) is 5. The molecule has 148 valence electrons. The first-order chi connectivity index (χ1) is 14.2. The Balaban J connectivity index is 1.29. The Morgan fingerprint density at radius 3 is 2.28 bits per heavy atom. The first-order valence-electron chi connectivity index (χ1n) is 9.57. The second-order valence-corrected chi connectivity index (χ2v) is 7.91. The first-order valence-corrected chi connectivity index (χ1v) is 10.4. The number of benzene rings is 2. The van der Waals surface area contributed by atoms with Crippen molar-refractivity contribution in [2.75, 3.05) is 38.0 Å². The maximum absolute atomic E-state index is 12.8. The molecule has 6 nitrogen and oxygen atoms in total. The fourth-order valence-electron chi connectivity index (χ4n) is 3.28. The Hall–Kier alpha value is -3.03. The van der Waals surface area contributed by atoms with Crippen molar-refractivity contribution >= 4 is 28.8 Å². The highest BCUT2D eigenvalue weighted by molar-refractivity contribution is 7.16. The molecule has 2 heterocycles. The van der Waals surface area contributed by atoms with Gasteiger partial charge in [-0.2, -0.15) is 0 Å². The van der Waals surface area contributed by atoms with Crippen LogP contribution in [0.4, 0.5) is 5.69 Å². The van der Waals surface area contributed by atoms with Gasteiger partial charge in [-0.1, -0.05) is 48.5 Å². The Labute approximate surface area is 173 Å². The number of piperazine rings is 1. The number of carbonyl (C=O) groups excluding carboxylic acids is 2. The van der Waals surface area contributed by atoms with Crippen molar-refractivity contribution < 1.29 is 9.59 Å². The van der Waals surface area contributed by atoms with E-state index in [9.17, 15) is 9.59 Å². The molecule has 0 saturated carbocycles. The fraction of sp³-hybridized carbons (Fsp3) is 0.227. The van der Waals surface area contributed by atoms with E-state index in [1.807, 2.05) is 65.6 Å². The van der Waals surface area contributed by atoms with Crippen LogP contribution in [-0.2, 0) is 4.79 Å². The van der Waals surface area contributed by atoms with Crippen molar-refractivity contribution in [1.29, 1.82) is 0 Å². The minimum atomic E-state index is -0.0362. The van der Waals surface area contributed by atoms with Crippen LogP contribution in [0, 0.1) is 0 Å². The van der Waals surface area contributed by atoms with Gasteiger partial charge in [0.2, 0.25) is 5.91 Å². The van der Waals surface area contributed by atoms with Crippen molar-refractivity contribution in [1.82, 2.24) is 14.8 Å². The third kappa shape index (κ3) is 4.88. The van der Waals surface area contributed by atoms with Crippen LogP contribution in [0.25, 0.3) is 10.6 Å². The van der Waals surface area contributed by atoms with Crippen LogP contribution in [0.5, 0.6) is 0 Å². The molecule has 2 aromatic carbocycles. The van der Waals surface area contributed by atoms with Crippen LogP contribution in [0.15, 0.2) is 66.9 Å². The maximum Gasteiger partial charge on any atom is 0.265 e. The number of hydrogen-bond donors (Lipinski definition) is 1. The lowest BCUT2D eigenvalue weighted by Gasteiger charge is -2.34. The number of para-hydroxylation sites is 1. The van der Waals surface area contributed by atoms with E-state index in [2.05, 4.69) is 15.2 Å². The van der Waals surface area contributed by atoms with E-state index in [-0.39, 0.29) is 11.8 Å². The summed E-state index contributed by atoms with van der Waals surface area (Å²) in [7, 11) is 0. The van der Waals surface area contributed by atoms with Crippen LogP contribution in [0.1, 0.15) is 9.67 Å². The molecule has 0 radical (unpaired) electrons. The lowest BCUT2D eigenvalue weighted by atomic mass is 10.2. The van der Waals surface area contributed by atoms with Crippen LogP contribution in [-0.4, -0.2) is 59.3 Å². The zero-order valence-electron chi connectivity index (χ0n) is 16.0. The van der Waals surface area contributed by atoms with E-state index in [0.29, 0.717) is 37.6 Å². The summed E-state index contributed by atoms with van der Waals surface area (Å²) in [6.07, 6.45) is 1.66. The number of amides is 2. The standard InChI is InChI=1S/C22H22N4O2S/c27-20(24-18-9-5-2-6-10-18)16-25-11-13-26(14-12-25)22(28)19-15-23-21(29-19)17-7-3-1-4-8-17/h1-10,15H,11-14,16H2,(H,24,27). The van der Waals surface area contributed by atoms with Crippen molar-refractivity contribution in [3.63, 3.8) is 0 Å². The predicted molar refractivity (Wildman–Crippen MR) is 115 cm³/mol. The van der Waals surface area contributed by atoms with Crippen LogP contribution < -0.4 is 5.32 Å². The summed E-state index contributed by atoms with van der Waals surface area (Å²) < 4.78 is 0. The Bertz CT molecular complexity index is 967. The number of carbonyl (C=O) groups is 2. The zero-order chi connectivity index (χ0) is 20.1. The lowest BCUT2D eigenvalue weighted by Crippen LogP contribution is -2.50. The Kier molecular flexibility index (Phi) is 5.97. The summed E-state index contributed by atoms with van der Waals surface area (Å²) in [4.78, 5) is 34.0. The van der Waals surface area contributed by atoms with Gasteiger partial charge in [0.15, 0.2) is 0 Å². The number of thiazole rings is 1. The van der Waals surface area contributed by atoms with Crippen molar-refractivity contribution in [3.8, 4) is 10.6 Å². The highest BCUT2D eigenvalue weighted by atomic mass is 32.1. The topological polar surface area (TPSA) is 65.5 Å². The molecule has 0 spiro atoms. The van der Waals surface area contributed by atoms with E-state index in [4.69, 9.17) is 0 Å². The molecule has 29 heavy (non-hydrogen) atoms. The maximum atomic E-state index is 12.8. The van der Waals surface area contributed by atoms with E-state index in [1.54, 1.807) is 6.20 Å². The molecule has 0 bridgehead atoms. The minimum absolute atomic E-state index is 0.0121. The molecule has 1 fully saturated rings. The Morgan fingerprint density at radius 1 is 0.931 bits per heavy atom. The molecule has 0 atom stereocenters. The highest BCUT2D eigenvalue weighted by Gasteiger charge is 2.24. The van der Waals surface area contributed by atoms with Crippen molar-refractivity contribution in [2.45, 2.75) is 0 Å². The number of nitrogens with one attached hydrogen (secondary N) is 1. The van der Waals surface area contributed by atoms with Crippen LogP contribution in [0.3, 0.4) is 0 Å². The smallest absolute Gasteiger partial charge is 0.265 e. The molecule has 7 heteroatoms. The molecular weight excluding hydrogens is 384 g/mol. The molecular formula is C22H22N4O2S. The molecule has 2 amide bonds. The molecule has 1 N–H and O–H groups in total. The average Bonchev–Trinajstić information content (AvgIpc) is 3.25. The highest BCUT2D eigenvalue weighted by Crippen LogP contribution is 2.26. The largest absolute Gasteiger partial charge is 0.335 e. The molecule has 0 aliphatic carbocycles. The Morgan fingerprint density at radius 2 is 1.59 bits per heavy atom. The van der Waals surface area contributed by atoms with Gasteiger partial charge in [-0.3, -0.25) is 14.5 Å². The van der Waals surface area contributed by atoms with Gasteiger partial charge >= 0.3 is 0 Å². The van der Waals surface area contributed by atoms with Crippen molar-refractivity contribution in [2.24, 2.45) is 0 Å². The van der Waals surface area contributed by atoms with Gasteiger partial charge < -0.3 is 10.2 Å². The number of nitrogens with zero attached hydrogens (tertiary/aromatic N) is 3. The number of rotatable bonds is 5. The lowest BCUT2D eigenvalue weighted by molar-refractivity contribution is -0.117. The molecule has 1 aromatic heterocycles. The van der Waals surface area contributed by atoms with Gasteiger partial charge in [-0.25, -0.2) is 4.98 Å².